The van der Waals surface area contributed by atoms with Gasteiger partial charge in [-0.1, -0.05) is 12.8 Å². The highest BCUT2D eigenvalue weighted by Gasteiger charge is 2.45. The molecule has 6 nitrogen and oxygen atoms in total. The van der Waals surface area contributed by atoms with Crippen LogP contribution in [0.15, 0.2) is 12.3 Å². The zero-order chi connectivity index (χ0) is 15.7. The van der Waals surface area contributed by atoms with Crippen molar-refractivity contribution >= 4 is 11.8 Å². The number of hydrogen-bond acceptors (Lipinski definition) is 3. The number of carbonyl (C=O) groups excluding carboxylic acids is 2. The van der Waals surface area contributed by atoms with Gasteiger partial charge in [0.25, 0.3) is 5.91 Å². The molecule has 3 rings (SSSR count). The molecule has 2 N–H and O–H groups in total. The Hall–Kier alpha value is -1.85. The molecule has 22 heavy (non-hydrogen) atoms. The second-order valence-electron chi connectivity index (χ2n) is 6.65. The lowest BCUT2D eigenvalue weighted by Crippen LogP contribution is -2.52. The van der Waals surface area contributed by atoms with Crippen LogP contribution in [0, 0.1) is 11.3 Å². The van der Waals surface area contributed by atoms with Crippen molar-refractivity contribution in [3.05, 3.63) is 18.0 Å². The van der Waals surface area contributed by atoms with Gasteiger partial charge in [-0.15, -0.1) is 0 Å². The zero-order valence-corrected chi connectivity index (χ0v) is 13.1. The van der Waals surface area contributed by atoms with Gasteiger partial charge >= 0.3 is 0 Å². The third kappa shape index (κ3) is 2.74. The van der Waals surface area contributed by atoms with Crippen molar-refractivity contribution in [3.8, 4) is 0 Å². The van der Waals surface area contributed by atoms with Gasteiger partial charge in [-0.25, -0.2) is 0 Å². The number of likely N-dealkylation sites (tertiary alicyclic amines) is 1. The lowest BCUT2D eigenvalue weighted by Gasteiger charge is -2.41. The fraction of sp³-hybridized carbons (Fsp3) is 0.688. The number of aromatic nitrogens is 2. The zero-order valence-electron chi connectivity index (χ0n) is 13.1. The van der Waals surface area contributed by atoms with Gasteiger partial charge < -0.3 is 10.6 Å². The number of rotatable bonds is 5. The largest absolute Gasteiger partial charge is 0.369 e. The number of nitrogens with zero attached hydrogens (tertiary/aromatic N) is 3. The second kappa shape index (κ2) is 5.74. The lowest BCUT2D eigenvalue weighted by molar-refractivity contribution is -0.131. The normalized spacial score (nSPS) is 25.2. The van der Waals surface area contributed by atoms with E-state index in [0.717, 1.165) is 19.3 Å². The number of amides is 2. The van der Waals surface area contributed by atoms with E-state index >= 15 is 0 Å². The molecule has 2 fully saturated rings. The van der Waals surface area contributed by atoms with E-state index in [1.54, 1.807) is 21.8 Å². The molecule has 0 radical (unpaired) electrons. The maximum absolute atomic E-state index is 12.8. The van der Waals surface area contributed by atoms with Gasteiger partial charge in [0, 0.05) is 25.8 Å². The average Bonchev–Trinajstić information content (AvgIpc) is 3.19. The third-order valence-electron chi connectivity index (χ3n) is 5.00. The standard InChI is InChI=1S/C16H24N4O2/c1-2-20-13(6-8-18-20)14(21)19-9-3-7-16(11-19,15(17)22)10-12-4-5-12/h6,8,12H,2-5,7,9-11H2,1H3,(H2,17,22). The van der Waals surface area contributed by atoms with Gasteiger partial charge in [0.1, 0.15) is 5.69 Å². The summed E-state index contributed by atoms with van der Waals surface area (Å²) in [5.41, 5.74) is 5.78. The van der Waals surface area contributed by atoms with Crippen LogP contribution in [0.1, 0.15) is 49.5 Å². The molecule has 1 aromatic heterocycles. The number of piperidine rings is 1. The fourth-order valence-corrected chi connectivity index (χ4v) is 3.58. The highest BCUT2D eigenvalue weighted by molar-refractivity contribution is 5.93. The van der Waals surface area contributed by atoms with Crippen LogP contribution < -0.4 is 5.73 Å². The van der Waals surface area contributed by atoms with E-state index in [2.05, 4.69) is 5.10 Å². The van der Waals surface area contributed by atoms with E-state index < -0.39 is 5.41 Å². The minimum atomic E-state index is -0.536. The molecule has 0 aromatic carbocycles. The van der Waals surface area contributed by atoms with Crippen LogP contribution in [-0.2, 0) is 11.3 Å². The summed E-state index contributed by atoms with van der Waals surface area (Å²) >= 11 is 0. The van der Waals surface area contributed by atoms with Gasteiger partial charge in [-0.3, -0.25) is 14.3 Å². The van der Waals surface area contributed by atoms with E-state index in [1.807, 2.05) is 6.92 Å². The van der Waals surface area contributed by atoms with Crippen LogP contribution in [0.2, 0.25) is 0 Å². The summed E-state index contributed by atoms with van der Waals surface area (Å²) in [6.45, 7) is 3.76. The van der Waals surface area contributed by atoms with Gasteiger partial charge in [0.15, 0.2) is 0 Å². The molecule has 6 heteroatoms. The van der Waals surface area contributed by atoms with E-state index in [-0.39, 0.29) is 11.8 Å². The van der Waals surface area contributed by atoms with Crippen molar-refractivity contribution in [1.29, 1.82) is 0 Å². The summed E-state index contributed by atoms with van der Waals surface area (Å²) in [4.78, 5) is 26.6. The minimum absolute atomic E-state index is 0.0412. The molecule has 120 valence electrons. The van der Waals surface area contributed by atoms with Crippen LogP contribution in [0.3, 0.4) is 0 Å². The van der Waals surface area contributed by atoms with E-state index in [0.29, 0.717) is 31.2 Å². The van der Waals surface area contributed by atoms with Gasteiger partial charge in [-0.2, -0.15) is 5.10 Å². The molecule has 0 bridgehead atoms. The Labute approximate surface area is 130 Å². The summed E-state index contributed by atoms with van der Waals surface area (Å²) in [5, 5.41) is 4.16. The number of hydrogen-bond donors (Lipinski definition) is 1. The molecule has 1 aliphatic carbocycles. The Balaban J connectivity index is 1.79. The summed E-state index contributed by atoms with van der Waals surface area (Å²) < 4.78 is 1.70. The molecule has 1 atom stereocenters. The Kier molecular flexibility index (Phi) is 3.93. The average molecular weight is 304 g/mol. The Morgan fingerprint density at radius 1 is 1.45 bits per heavy atom. The van der Waals surface area contributed by atoms with Crippen LogP contribution >= 0.6 is 0 Å². The van der Waals surface area contributed by atoms with Gasteiger partial charge in [0.2, 0.25) is 5.91 Å². The SMILES string of the molecule is CCn1nccc1C(=O)N1CCCC(CC2CC2)(C(N)=O)C1. The number of nitrogens with two attached hydrogens (primary N) is 1. The summed E-state index contributed by atoms with van der Waals surface area (Å²) in [5.74, 6) is 0.324. The number of primary amides is 1. The van der Waals surface area contributed by atoms with E-state index in [1.165, 1.54) is 12.8 Å². The van der Waals surface area contributed by atoms with Crippen LogP contribution in [-0.4, -0.2) is 39.6 Å². The molecule has 2 aliphatic rings. The second-order valence-corrected chi connectivity index (χ2v) is 6.65. The molecule has 2 amide bonds. The first kappa shape index (κ1) is 15.1. The molecule has 1 saturated carbocycles. The monoisotopic (exact) mass is 304 g/mol. The third-order valence-corrected chi connectivity index (χ3v) is 5.00. The molecule has 0 spiro atoms. The predicted molar refractivity (Wildman–Crippen MR) is 82.0 cm³/mol. The van der Waals surface area contributed by atoms with E-state index in [9.17, 15) is 9.59 Å². The first-order chi connectivity index (χ1) is 10.6. The lowest BCUT2D eigenvalue weighted by atomic mass is 9.75. The molecular weight excluding hydrogens is 280 g/mol. The maximum Gasteiger partial charge on any atom is 0.272 e. The molecule has 1 aliphatic heterocycles. The predicted octanol–water partition coefficient (Wildman–Crippen LogP) is 1.41. The highest BCUT2D eigenvalue weighted by Crippen LogP contribution is 2.44. The maximum atomic E-state index is 12.8. The van der Waals surface area contributed by atoms with Gasteiger partial charge in [0.05, 0.1) is 5.41 Å². The van der Waals surface area contributed by atoms with Crippen molar-refractivity contribution in [3.63, 3.8) is 0 Å². The van der Waals surface area contributed by atoms with Crippen molar-refractivity contribution in [1.82, 2.24) is 14.7 Å². The molecule has 2 heterocycles. The minimum Gasteiger partial charge on any atom is -0.369 e. The molecular formula is C16H24N4O2. The van der Waals surface area contributed by atoms with Crippen LogP contribution in [0.5, 0.6) is 0 Å². The van der Waals surface area contributed by atoms with Crippen LogP contribution in [0.4, 0.5) is 0 Å². The summed E-state index contributed by atoms with van der Waals surface area (Å²) in [6.07, 6.45) is 6.49. The summed E-state index contributed by atoms with van der Waals surface area (Å²) in [7, 11) is 0. The van der Waals surface area contributed by atoms with Crippen molar-refractivity contribution in [2.24, 2.45) is 17.1 Å². The van der Waals surface area contributed by atoms with Crippen molar-refractivity contribution in [2.45, 2.75) is 45.6 Å². The Bertz CT molecular complexity index is 578. The fourth-order valence-electron chi connectivity index (χ4n) is 3.58. The molecule has 1 aromatic rings. The summed E-state index contributed by atoms with van der Waals surface area (Å²) in [6, 6.07) is 1.74. The van der Waals surface area contributed by atoms with E-state index in [4.69, 9.17) is 5.73 Å². The quantitative estimate of drug-likeness (QED) is 0.893. The molecule has 1 unspecified atom stereocenters. The smallest absolute Gasteiger partial charge is 0.272 e. The molecule has 1 saturated heterocycles. The number of carbonyl (C=O) groups is 2. The highest BCUT2D eigenvalue weighted by atomic mass is 16.2. The first-order valence-electron chi connectivity index (χ1n) is 8.17. The topological polar surface area (TPSA) is 81.2 Å². The van der Waals surface area contributed by atoms with Crippen LogP contribution in [0.25, 0.3) is 0 Å². The van der Waals surface area contributed by atoms with Crippen molar-refractivity contribution < 1.29 is 9.59 Å². The first-order valence-corrected chi connectivity index (χ1v) is 8.17. The Morgan fingerprint density at radius 2 is 2.23 bits per heavy atom. The Morgan fingerprint density at radius 3 is 2.86 bits per heavy atom. The van der Waals surface area contributed by atoms with Gasteiger partial charge in [-0.05, 0) is 38.2 Å². The number of aryl methyl sites for hydroxylation is 1. The van der Waals surface area contributed by atoms with Crippen molar-refractivity contribution in [2.75, 3.05) is 13.1 Å².